The molecule has 2 aliphatic rings. The maximum Gasteiger partial charge on any atom is 0.340 e. The van der Waals surface area contributed by atoms with E-state index in [0.717, 1.165) is 25.8 Å². The number of carbonyl (C=O) groups excluding carboxylic acids is 3. The molecular formula is C25H28N2O4. The average Bonchev–Trinajstić information content (AvgIpc) is 2.83. The van der Waals surface area contributed by atoms with Crippen LogP contribution in [0.2, 0.25) is 0 Å². The number of nitrogens with one attached hydrogen (secondary N) is 1. The van der Waals surface area contributed by atoms with Crippen molar-refractivity contribution < 1.29 is 19.1 Å². The van der Waals surface area contributed by atoms with Gasteiger partial charge in [0.2, 0.25) is 0 Å². The van der Waals surface area contributed by atoms with Crippen molar-refractivity contribution in [3.05, 3.63) is 65.7 Å². The molecule has 1 saturated carbocycles. The highest BCUT2D eigenvalue weighted by molar-refractivity contribution is 6.08. The molecule has 6 nitrogen and oxygen atoms in total. The molecule has 1 aliphatic heterocycles. The molecule has 0 radical (unpaired) electrons. The van der Waals surface area contributed by atoms with Gasteiger partial charge in [0.15, 0.2) is 6.61 Å². The summed E-state index contributed by atoms with van der Waals surface area (Å²) in [6.45, 7) is 0.463. The van der Waals surface area contributed by atoms with Crippen LogP contribution in [0.4, 0.5) is 5.69 Å². The van der Waals surface area contributed by atoms with Crippen LogP contribution in [0.15, 0.2) is 54.6 Å². The number of para-hydroxylation sites is 1. The topological polar surface area (TPSA) is 75.7 Å². The molecule has 4 rings (SSSR count). The fourth-order valence-electron chi connectivity index (χ4n) is 4.78. The van der Waals surface area contributed by atoms with E-state index in [4.69, 9.17) is 4.74 Å². The molecule has 31 heavy (non-hydrogen) atoms. The predicted octanol–water partition coefficient (Wildman–Crippen LogP) is 4.28. The summed E-state index contributed by atoms with van der Waals surface area (Å²) < 4.78 is 5.37. The van der Waals surface area contributed by atoms with Crippen molar-refractivity contribution in [3.63, 3.8) is 0 Å². The molecule has 1 saturated heterocycles. The van der Waals surface area contributed by atoms with Gasteiger partial charge in [0.25, 0.3) is 11.8 Å². The molecule has 6 heteroatoms. The lowest BCUT2D eigenvalue weighted by Gasteiger charge is -2.44. The highest BCUT2D eigenvalue weighted by atomic mass is 16.5. The van der Waals surface area contributed by atoms with Crippen molar-refractivity contribution in [2.75, 3.05) is 18.5 Å². The highest BCUT2D eigenvalue weighted by Gasteiger charge is 2.35. The molecule has 2 aromatic carbocycles. The lowest BCUT2D eigenvalue weighted by atomic mass is 9.78. The number of benzene rings is 2. The van der Waals surface area contributed by atoms with Crippen LogP contribution in [0.3, 0.4) is 0 Å². The monoisotopic (exact) mass is 420 g/mol. The Balaban J connectivity index is 1.39. The summed E-state index contributed by atoms with van der Waals surface area (Å²) in [4.78, 5) is 39.9. The van der Waals surface area contributed by atoms with E-state index < -0.39 is 5.97 Å². The van der Waals surface area contributed by atoms with Gasteiger partial charge in [0, 0.05) is 18.2 Å². The zero-order valence-electron chi connectivity index (χ0n) is 17.6. The van der Waals surface area contributed by atoms with Crippen LogP contribution in [0.5, 0.6) is 0 Å². The number of likely N-dealkylation sites (tertiary alicyclic amines) is 1. The van der Waals surface area contributed by atoms with Crippen molar-refractivity contribution in [3.8, 4) is 0 Å². The van der Waals surface area contributed by atoms with Gasteiger partial charge in [0.05, 0.1) is 11.3 Å². The number of ether oxygens (including phenoxy) is 1. The molecule has 0 bridgehead atoms. The Labute approximate surface area is 182 Å². The van der Waals surface area contributed by atoms with E-state index in [1.165, 1.54) is 19.3 Å². The Morgan fingerprint density at radius 2 is 1.61 bits per heavy atom. The third kappa shape index (κ3) is 4.95. The lowest BCUT2D eigenvalue weighted by Crippen LogP contribution is -2.50. The molecule has 2 fully saturated rings. The normalized spacial score (nSPS) is 20.5. The molecule has 162 valence electrons. The molecule has 1 aliphatic carbocycles. The van der Waals surface area contributed by atoms with Gasteiger partial charge < -0.3 is 15.0 Å². The van der Waals surface area contributed by atoms with Crippen LogP contribution in [0, 0.1) is 5.92 Å². The molecule has 0 spiro atoms. The van der Waals surface area contributed by atoms with Crippen LogP contribution < -0.4 is 5.32 Å². The second-order valence-electron chi connectivity index (χ2n) is 8.28. The number of nitrogens with zero attached hydrogens (tertiary/aromatic N) is 1. The first-order chi connectivity index (χ1) is 15.1. The number of hydrogen-bond acceptors (Lipinski definition) is 4. The van der Waals surface area contributed by atoms with E-state index >= 15 is 0 Å². The van der Waals surface area contributed by atoms with Gasteiger partial charge >= 0.3 is 5.97 Å². The molecule has 1 heterocycles. The summed E-state index contributed by atoms with van der Waals surface area (Å²) in [5, 5.41) is 2.76. The highest BCUT2D eigenvalue weighted by Crippen LogP contribution is 2.35. The number of piperidine rings is 1. The summed E-state index contributed by atoms with van der Waals surface area (Å²) in [6, 6.07) is 15.7. The Kier molecular flexibility index (Phi) is 6.65. The van der Waals surface area contributed by atoms with E-state index in [-0.39, 0.29) is 30.0 Å². The lowest BCUT2D eigenvalue weighted by molar-refractivity contribution is -0.140. The van der Waals surface area contributed by atoms with E-state index in [0.29, 0.717) is 17.2 Å². The zero-order valence-corrected chi connectivity index (χ0v) is 17.6. The number of hydrogen-bond donors (Lipinski definition) is 1. The second-order valence-corrected chi connectivity index (χ2v) is 8.28. The summed E-state index contributed by atoms with van der Waals surface area (Å²) in [6.07, 6.45) is 6.81. The van der Waals surface area contributed by atoms with Gasteiger partial charge in [-0.2, -0.15) is 0 Å². The van der Waals surface area contributed by atoms with Crippen molar-refractivity contribution in [2.45, 2.75) is 44.6 Å². The quantitative estimate of drug-likeness (QED) is 0.733. The largest absolute Gasteiger partial charge is 0.452 e. The maximum absolute atomic E-state index is 12.8. The van der Waals surface area contributed by atoms with Crippen LogP contribution in [0.25, 0.3) is 0 Å². The SMILES string of the molecule is O=C(Nc1ccccc1C(=O)OCC(=O)N1CCC[C@@H]2CCCC[C@@H]21)c1ccccc1. The van der Waals surface area contributed by atoms with Gasteiger partial charge in [-0.3, -0.25) is 9.59 Å². The summed E-state index contributed by atoms with van der Waals surface area (Å²) in [7, 11) is 0. The number of fused-ring (bicyclic) bond motifs is 1. The van der Waals surface area contributed by atoms with Crippen LogP contribution in [0.1, 0.15) is 59.2 Å². The van der Waals surface area contributed by atoms with Crippen molar-refractivity contribution in [1.82, 2.24) is 4.90 Å². The molecule has 2 atom stereocenters. The van der Waals surface area contributed by atoms with Gasteiger partial charge in [-0.1, -0.05) is 43.2 Å². The first kappa shape index (κ1) is 21.1. The molecule has 2 aromatic rings. The first-order valence-electron chi connectivity index (χ1n) is 11.1. The van der Waals surface area contributed by atoms with Gasteiger partial charge in [-0.05, 0) is 55.9 Å². The summed E-state index contributed by atoms with van der Waals surface area (Å²) in [5.41, 5.74) is 1.08. The minimum absolute atomic E-state index is 0.129. The fourth-order valence-corrected chi connectivity index (χ4v) is 4.78. The Bertz CT molecular complexity index is 942. The molecule has 0 aromatic heterocycles. The molecule has 2 amide bonds. The number of anilines is 1. The van der Waals surface area contributed by atoms with Crippen molar-refractivity contribution in [1.29, 1.82) is 0 Å². The van der Waals surface area contributed by atoms with Crippen LogP contribution >= 0.6 is 0 Å². The van der Waals surface area contributed by atoms with Crippen molar-refractivity contribution in [2.24, 2.45) is 5.92 Å². The van der Waals surface area contributed by atoms with Crippen LogP contribution in [-0.2, 0) is 9.53 Å². The first-order valence-corrected chi connectivity index (χ1v) is 11.1. The smallest absolute Gasteiger partial charge is 0.340 e. The number of rotatable bonds is 5. The number of amides is 2. The van der Waals surface area contributed by atoms with Gasteiger partial charge in [0.1, 0.15) is 0 Å². The predicted molar refractivity (Wildman–Crippen MR) is 118 cm³/mol. The standard InChI is InChI=1S/C25H28N2O4/c28-23(27-16-8-12-18-9-4-7-15-22(18)27)17-31-25(30)20-13-5-6-14-21(20)26-24(29)19-10-2-1-3-11-19/h1-3,5-6,10-11,13-14,18,22H,4,7-9,12,15-17H2,(H,26,29)/t18-,22-/m0/s1. The molecular weight excluding hydrogens is 392 g/mol. The summed E-state index contributed by atoms with van der Waals surface area (Å²) in [5.74, 6) is -0.477. The summed E-state index contributed by atoms with van der Waals surface area (Å²) >= 11 is 0. The Hall–Kier alpha value is -3.15. The maximum atomic E-state index is 12.8. The third-order valence-electron chi connectivity index (χ3n) is 6.32. The van der Waals surface area contributed by atoms with Gasteiger partial charge in [-0.25, -0.2) is 4.79 Å². The van der Waals surface area contributed by atoms with E-state index in [1.54, 1.807) is 48.5 Å². The van der Waals surface area contributed by atoms with Gasteiger partial charge in [-0.15, -0.1) is 0 Å². The van der Waals surface area contributed by atoms with Crippen LogP contribution in [-0.4, -0.2) is 41.9 Å². The third-order valence-corrected chi connectivity index (χ3v) is 6.32. The van der Waals surface area contributed by atoms with E-state index in [9.17, 15) is 14.4 Å². The second kappa shape index (κ2) is 9.77. The number of esters is 1. The minimum atomic E-state index is -0.616. The van der Waals surface area contributed by atoms with Crippen molar-refractivity contribution >= 4 is 23.5 Å². The Morgan fingerprint density at radius 3 is 2.45 bits per heavy atom. The fraction of sp³-hybridized carbons (Fsp3) is 0.400. The zero-order chi connectivity index (χ0) is 21.6. The average molecular weight is 421 g/mol. The van der Waals surface area contributed by atoms with E-state index in [2.05, 4.69) is 5.32 Å². The van der Waals surface area contributed by atoms with E-state index in [1.807, 2.05) is 11.0 Å². The molecule has 0 unspecified atom stereocenters. The molecule has 1 N–H and O–H groups in total. The minimum Gasteiger partial charge on any atom is -0.452 e. The number of carbonyl (C=O) groups is 3. The Morgan fingerprint density at radius 1 is 0.903 bits per heavy atom.